The number of hydrogen-bond donors (Lipinski definition) is 2. The Balaban J connectivity index is 0.00000220. The molecule has 1 fully saturated rings. The summed E-state index contributed by atoms with van der Waals surface area (Å²) in [4.78, 5) is 12.1. The van der Waals surface area contributed by atoms with E-state index in [0.717, 1.165) is 36.5 Å². The van der Waals surface area contributed by atoms with Gasteiger partial charge in [-0.15, -0.1) is 12.4 Å². The molecule has 1 heterocycles. The monoisotopic (exact) mass is 314 g/mol. The Morgan fingerprint density at radius 1 is 1.43 bits per heavy atom. The average Bonchev–Trinajstić information content (AvgIpc) is 2.96. The van der Waals surface area contributed by atoms with Crippen molar-refractivity contribution in [3.8, 4) is 5.75 Å². The van der Waals surface area contributed by atoms with Crippen molar-refractivity contribution in [3.63, 3.8) is 0 Å². The summed E-state index contributed by atoms with van der Waals surface area (Å²) in [7, 11) is 1.64. The highest BCUT2D eigenvalue weighted by molar-refractivity contribution is 5.93. The highest BCUT2D eigenvalue weighted by Gasteiger charge is 2.22. The van der Waals surface area contributed by atoms with Crippen molar-refractivity contribution in [3.05, 3.63) is 23.8 Å². The summed E-state index contributed by atoms with van der Waals surface area (Å²) in [5, 5.41) is 6.19. The van der Waals surface area contributed by atoms with Crippen molar-refractivity contribution in [2.75, 3.05) is 38.7 Å². The van der Waals surface area contributed by atoms with E-state index in [-0.39, 0.29) is 24.2 Å². The van der Waals surface area contributed by atoms with E-state index in [1.165, 1.54) is 0 Å². The standard InChI is InChI=1S/C15H22N2O3.ClH/c1-11-9-13(20-8-7-19-2)3-4-14(11)17-15(18)12-5-6-16-10-12;/h3-4,9,12,16H,5-8,10H2,1-2H3,(H,17,18);1H. The Hall–Kier alpha value is -1.30. The molecule has 0 spiro atoms. The van der Waals surface area contributed by atoms with Gasteiger partial charge in [0.15, 0.2) is 0 Å². The van der Waals surface area contributed by atoms with Crippen LogP contribution in [0.5, 0.6) is 5.75 Å². The number of amides is 1. The second-order valence-corrected chi connectivity index (χ2v) is 5.00. The summed E-state index contributed by atoms with van der Waals surface area (Å²) >= 11 is 0. The number of methoxy groups -OCH3 is 1. The molecule has 6 heteroatoms. The van der Waals surface area contributed by atoms with Crippen LogP contribution in [0.4, 0.5) is 5.69 Å². The van der Waals surface area contributed by atoms with Gasteiger partial charge in [-0.25, -0.2) is 0 Å². The van der Waals surface area contributed by atoms with Gasteiger partial charge in [0.2, 0.25) is 5.91 Å². The number of carbonyl (C=O) groups is 1. The molecule has 1 aliphatic rings. The largest absolute Gasteiger partial charge is 0.491 e. The Kier molecular flexibility index (Phi) is 7.50. The van der Waals surface area contributed by atoms with Gasteiger partial charge in [0.25, 0.3) is 0 Å². The molecule has 0 aromatic heterocycles. The normalized spacial score (nSPS) is 17.1. The molecule has 2 rings (SSSR count). The first-order chi connectivity index (χ1) is 9.70. The number of hydrogen-bond acceptors (Lipinski definition) is 4. The Morgan fingerprint density at radius 3 is 2.86 bits per heavy atom. The van der Waals surface area contributed by atoms with Crippen molar-refractivity contribution in [2.24, 2.45) is 5.92 Å². The molecule has 1 amide bonds. The lowest BCUT2D eigenvalue weighted by molar-refractivity contribution is -0.119. The second kappa shape index (κ2) is 8.87. The van der Waals surface area contributed by atoms with Gasteiger partial charge in [0.05, 0.1) is 12.5 Å². The van der Waals surface area contributed by atoms with Gasteiger partial charge < -0.3 is 20.1 Å². The molecule has 118 valence electrons. The van der Waals surface area contributed by atoms with Gasteiger partial charge in [0.1, 0.15) is 12.4 Å². The highest BCUT2D eigenvalue weighted by Crippen LogP contribution is 2.22. The summed E-state index contributed by atoms with van der Waals surface area (Å²) in [6.07, 6.45) is 0.906. The van der Waals surface area contributed by atoms with Crippen LogP contribution in [0.25, 0.3) is 0 Å². The molecule has 0 radical (unpaired) electrons. The van der Waals surface area contributed by atoms with E-state index in [9.17, 15) is 4.79 Å². The summed E-state index contributed by atoms with van der Waals surface area (Å²) < 4.78 is 10.5. The number of aryl methyl sites for hydroxylation is 1. The minimum atomic E-state index is 0. The quantitative estimate of drug-likeness (QED) is 0.788. The number of ether oxygens (including phenoxy) is 2. The van der Waals surface area contributed by atoms with Crippen molar-refractivity contribution < 1.29 is 14.3 Å². The van der Waals surface area contributed by atoms with Crippen molar-refractivity contribution in [1.29, 1.82) is 0 Å². The van der Waals surface area contributed by atoms with E-state index in [2.05, 4.69) is 10.6 Å². The number of halogens is 1. The van der Waals surface area contributed by atoms with Gasteiger partial charge in [-0.1, -0.05) is 0 Å². The molecule has 1 atom stereocenters. The average molecular weight is 315 g/mol. The summed E-state index contributed by atoms with van der Waals surface area (Å²) in [5.74, 6) is 0.957. The predicted octanol–water partition coefficient (Wildman–Crippen LogP) is 1.99. The van der Waals surface area contributed by atoms with Gasteiger partial charge in [0, 0.05) is 19.3 Å². The Morgan fingerprint density at radius 2 is 2.24 bits per heavy atom. The van der Waals surface area contributed by atoms with E-state index in [1.807, 2.05) is 25.1 Å². The van der Waals surface area contributed by atoms with Crippen LogP contribution >= 0.6 is 12.4 Å². The maximum atomic E-state index is 12.1. The summed E-state index contributed by atoms with van der Waals surface area (Å²) in [6.45, 7) is 4.74. The molecule has 1 aromatic carbocycles. The van der Waals surface area contributed by atoms with Gasteiger partial charge in [-0.3, -0.25) is 4.79 Å². The molecule has 21 heavy (non-hydrogen) atoms. The molecule has 2 N–H and O–H groups in total. The zero-order valence-corrected chi connectivity index (χ0v) is 13.3. The first kappa shape index (κ1) is 17.8. The molecule has 5 nitrogen and oxygen atoms in total. The van der Waals surface area contributed by atoms with Crippen molar-refractivity contribution in [2.45, 2.75) is 13.3 Å². The third-order valence-electron chi connectivity index (χ3n) is 3.44. The zero-order valence-electron chi connectivity index (χ0n) is 12.5. The number of benzene rings is 1. The molecule has 0 aliphatic carbocycles. The number of carbonyl (C=O) groups excluding carboxylic acids is 1. The van der Waals surface area contributed by atoms with Gasteiger partial charge in [-0.05, 0) is 43.7 Å². The lowest BCUT2D eigenvalue weighted by atomic mass is 10.1. The fourth-order valence-electron chi connectivity index (χ4n) is 2.22. The van der Waals surface area contributed by atoms with Crippen LogP contribution in [0.3, 0.4) is 0 Å². The van der Waals surface area contributed by atoms with Crippen molar-refractivity contribution in [1.82, 2.24) is 5.32 Å². The molecule has 0 bridgehead atoms. The molecular weight excluding hydrogens is 292 g/mol. The van der Waals surface area contributed by atoms with E-state index < -0.39 is 0 Å². The van der Waals surface area contributed by atoms with E-state index >= 15 is 0 Å². The summed E-state index contributed by atoms with van der Waals surface area (Å²) in [5.41, 5.74) is 1.85. The van der Waals surface area contributed by atoms with Gasteiger partial charge in [-0.2, -0.15) is 0 Å². The van der Waals surface area contributed by atoms with E-state index in [1.54, 1.807) is 7.11 Å². The molecule has 0 saturated carbocycles. The molecular formula is C15H23ClN2O3. The molecule has 1 saturated heterocycles. The first-order valence-corrected chi connectivity index (χ1v) is 6.94. The maximum Gasteiger partial charge on any atom is 0.228 e. The molecule has 1 aromatic rings. The number of nitrogens with one attached hydrogen (secondary N) is 2. The Labute approximate surface area is 131 Å². The van der Waals surface area contributed by atoms with Crippen LogP contribution in [0.1, 0.15) is 12.0 Å². The zero-order chi connectivity index (χ0) is 14.4. The van der Waals surface area contributed by atoms with E-state index in [4.69, 9.17) is 9.47 Å². The van der Waals surface area contributed by atoms with Gasteiger partial charge >= 0.3 is 0 Å². The lowest BCUT2D eigenvalue weighted by Crippen LogP contribution is -2.24. The number of rotatable bonds is 6. The van der Waals surface area contributed by atoms with Crippen LogP contribution in [0.15, 0.2) is 18.2 Å². The van der Waals surface area contributed by atoms with Crippen LogP contribution in [-0.2, 0) is 9.53 Å². The summed E-state index contributed by atoms with van der Waals surface area (Å²) in [6, 6.07) is 5.68. The third-order valence-corrected chi connectivity index (χ3v) is 3.44. The smallest absolute Gasteiger partial charge is 0.228 e. The molecule has 1 aliphatic heterocycles. The van der Waals surface area contributed by atoms with Crippen LogP contribution in [-0.4, -0.2) is 39.3 Å². The first-order valence-electron chi connectivity index (χ1n) is 6.94. The minimum absolute atomic E-state index is 0. The SMILES string of the molecule is COCCOc1ccc(NC(=O)C2CCNC2)c(C)c1.Cl. The highest BCUT2D eigenvalue weighted by atomic mass is 35.5. The molecule has 1 unspecified atom stereocenters. The fourth-order valence-corrected chi connectivity index (χ4v) is 2.22. The predicted molar refractivity (Wildman–Crippen MR) is 85.4 cm³/mol. The topological polar surface area (TPSA) is 59.6 Å². The minimum Gasteiger partial charge on any atom is -0.491 e. The maximum absolute atomic E-state index is 12.1. The fraction of sp³-hybridized carbons (Fsp3) is 0.533. The van der Waals surface area contributed by atoms with Crippen LogP contribution < -0.4 is 15.4 Å². The third kappa shape index (κ3) is 5.19. The van der Waals surface area contributed by atoms with Crippen molar-refractivity contribution >= 4 is 24.0 Å². The second-order valence-electron chi connectivity index (χ2n) is 5.00. The van der Waals surface area contributed by atoms with E-state index in [0.29, 0.717) is 13.2 Å². The number of anilines is 1. The lowest BCUT2D eigenvalue weighted by Gasteiger charge is -2.13. The Bertz CT molecular complexity index is 462. The van der Waals surface area contributed by atoms with Crippen LogP contribution in [0.2, 0.25) is 0 Å². The van der Waals surface area contributed by atoms with Crippen LogP contribution in [0, 0.1) is 12.8 Å².